The average Bonchev–Trinajstić information content (AvgIpc) is 2.86. The highest BCUT2D eigenvalue weighted by atomic mass is 32.1. The lowest BCUT2D eigenvalue weighted by Crippen LogP contribution is -2.41. The lowest BCUT2D eigenvalue weighted by Gasteiger charge is -2.41. The average molecular weight is 308 g/mol. The molecule has 1 aliphatic heterocycles. The van der Waals surface area contributed by atoms with Gasteiger partial charge in [0.15, 0.2) is 5.13 Å². The van der Waals surface area contributed by atoms with E-state index in [9.17, 15) is 0 Å². The molecule has 2 heterocycles. The van der Waals surface area contributed by atoms with Crippen LogP contribution in [0.2, 0.25) is 0 Å². The van der Waals surface area contributed by atoms with E-state index in [1.54, 1.807) is 0 Å². The lowest BCUT2D eigenvalue weighted by molar-refractivity contribution is 0.202. The summed E-state index contributed by atoms with van der Waals surface area (Å²) >= 11 is 1.90. The van der Waals surface area contributed by atoms with Crippen molar-refractivity contribution in [2.24, 2.45) is 11.8 Å². The fourth-order valence-corrected chi connectivity index (χ4v) is 4.83. The molecule has 3 rings (SSSR count). The van der Waals surface area contributed by atoms with Gasteiger partial charge in [-0.15, -0.1) is 11.3 Å². The quantitative estimate of drug-likeness (QED) is 0.912. The van der Waals surface area contributed by atoms with Gasteiger partial charge in [-0.3, -0.25) is 0 Å². The molecular formula is C17H29N3S. The first kappa shape index (κ1) is 15.3. The van der Waals surface area contributed by atoms with Gasteiger partial charge >= 0.3 is 0 Å². The third-order valence-electron chi connectivity index (χ3n) is 5.11. The second-order valence-electron chi connectivity index (χ2n) is 7.08. The van der Waals surface area contributed by atoms with E-state index in [-0.39, 0.29) is 0 Å². The number of piperidine rings is 1. The zero-order chi connectivity index (χ0) is 14.8. The van der Waals surface area contributed by atoms with Gasteiger partial charge in [0.25, 0.3) is 0 Å². The molecule has 0 radical (unpaired) electrons. The Kier molecular flexibility index (Phi) is 4.85. The van der Waals surface area contributed by atoms with Gasteiger partial charge in [-0.05, 0) is 31.6 Å². The topological polar surface area (TPSA) is 28.2 Å². The molecule has 1 aromatic heterocycles. The maximum atomic E-state index is 4.85. The normalized spacial score (nSPS) is 26.2. The van der Waals surface area contributed by atoms with Gasteiger partial charge in [-0.1, -0.05) is 33.1 Å². The Morgan fingerprint density at radius 3 is 2.76 bits per heavy atom. The number of aryl methyl sites for hydroxylation is 1. The number of nitrogens with one attached hydrogen (secondary N) is 1. The van der Waals surface area contributed by atoms with E-state index in [0.717, 1.165) is 18.4 Å². The molecule has 2 aliphatic rings. The minimum atomic E-state index is 0.535. The summed E-state index contributed by atoms with van der Waals surface area (Å²) < 4.78 is 0. The van der Waals surface area contributed by atoms with E-state index < -0.39 is 0 Å². The second-order valence-corrected chi connectivity index (χ2v) is 8.14. The largest absolute Gasteiger partial charge is 0.348 e. The molecule has 2 atom stereocenters. The number of anilines is 1. The number of hydrogen-bond donors (Lipinski definition) is 1. The summed E-state index contributed by atoms with van der Waals surface area (Å²) in [5.74, 6) is 1.92. The first-order valence-corrected chi connectivity index (χ1v) is 9.39. The molecule has 1 aromatic rings. The molecule has 2 fully saturated rings. The first-order valence-electron chi connectivity index (χ1n) is 8.58. The van der Waals surface area contributed by atoms with Crippen LogP contribution in [0.3, 0.4) is 0 Å². The van der Waals surface area contributed by atoms with Gasteiger partial charge in [0, 0.05) is 30.6 Å². The number of rotatable bonds is 4. The Morgan fingerprint density at radius 2 is 2.00 bits per heavy atom. The highest BCUT2D eigenvalue weighted by molar-refractivity contribution is 7.15. The van der Waals surface area contributed by atoms with Crippen LogP contribution in [-0.2, 0) is 6.54 Å². The van der Waals surface area contributed by atoms with Gasteiger partial charge in [0.2, 0.25) is 0 Å². The number of thiazole rings is 1. The molecule has 0 spiro atoms. The van der Waals surface area contributed by atoms with Crippen LogP contribution in [0, 0.1) is 18.8 Å². The van der Waals surface area contributed by atoms with Crippen molar-refractivity contribution in [3.8, 4) is 0 Å². The molecule has 0 aromatic carbocycles. The van der Waals surface area contributed by atoms with Crippen molar-refractivity contribution >= 4 is 16.5 Å². The molecule has 21 heavy (non-hydrogen) atoms. The Bertz CT molecular complexity index is 469. The molecule has 1 N–H and O–H groups in total. The zero-order valence-corrected chi connectivity index (χ0v) is 14.5. The zero-order valence-electron chi connectivity index (χ0n) is 13.7. The molecule has 3 nitrogen and oxygen atoms in total. The van der Waals surface area contributed by atoms with Crippen LogP contribution >= 0.6 is 11.3 Å². The van der Waals surface area contributed by atoms with Crippen molar-refractivity contribution in [3.63, 3.8) is 0 Å². The van der Waals surface area contributed by atoms with E-state index in [4.69, 9.17) is 4.98 Å². The molecule has 2 unspecified atom stereocenters. The predicted octanol–water partition coefficient (Wildman–Crippen LogP) is 3.97. The number of fused-ring (bicyclic) bond motifs is 1. The fraction of sp³-hybridized carbons (Fsp3) is 0.824. The summed E-state index contributed by atoms with van der Waals surface area (Å²) in [7, 11) is 0. The smallest absolute Gasteiger partial charge is 0.185 e. The van der Waals surface area contributed by atoms with Crippen molar-refractivity contribution in [3.05, 3.63) is 10.6 Å². The Morgan fingerprint density at radius 1 is 1.24 bits per heavy atom. The monoisotopic (exact) mass is 307 g/mol. The minimum absolute atomic E-state index is 0.535. The van der Waals surface area contributed by atoms with Crippen LogP contribution in [0.15, 0.2) is 0 Å². The van der Waals surface area contributed by atoms with E-state index in [1.807, 2.05) is 11.3 Å². The summed E-state index contributed by atoms with van der Waals surface area (Å²) in [6.07, 6.45) is 7.19. The highest BCUT2D eigenvalue weighted by Crippen LogP contribution is 2.38. The van der Waals surface area contributed by atoms with E-state index in [0.29, 0.717) is 6.04 Å². The molecule has 4 heteroatoms. The van der Waals surface area contributed by atoms with Gasteiger partial charge in [-0.25, -0.2) is 4.98 Å². The summed E-state index contributed by atoms with van der Waals surface area (Å²) in [5.41, 5.74) is 1.22. The molecule has 118 valence electrons. The third-order valence-corrected chi connectivity index (χ3v) is 6.33. The summed E-state index contributed by atoms with van der Waals surface area (Å²) in [6, 6.07) is 0.535. The van der Waals surface area contributed by atoms with Crippen LogP contribution in [0.25, 0.3) is 0 Å². The van der Waals surface area contributed by atoms with Crippen molar-refractivity contribution in [1.82, 2.24) is 10.3 Å². The number of nitrogens with zero attached hydrogens (tertiary/aromatic N) is 2. The molecule has 0 amide bonds. The fourth-order valence-electron chi connectivity index (χ4n) is 3.78. The second kappa shape index (κ2) is 6.66. The third kappa shape index (κ3) is 3.59. The van der Waals surface area contributed by atoms with Crippen molar-refractivity contribution in [1.29, 1.82) is 0 Å². The summed E-state index contributed by atoms with van der Waals surface area (Å²) in [6.45, 7) is 9.97. The number of aromatic nitrogens is 1. The van der Waals surface area contributed by atoms with Gasteiger partial charge in [0.05, 0.1) is 5.69 Å². The van der Waals surface area contributed by atoms with E-state index in [1.165, 1.54) is 60.9 Å². The maximum absolute atomic E-state index is 4.85. The minimum Gasteiger partial charge on any atom is -0.348 e. The van der Waals surface area contributed by atoms with E-state index >= 15 is 0 Å². The van der Waals surface area contributed by atoms with Crippen LogP contribution < -0.4 is 10.2 Å². The molecule has 1 aliphatic carbocycles. The SMILES string of the molecule is Cc1nc(N2CCC3CCCCC3C2)sc1CNC(C)C. The Balaban J connectivity index is 1.65. The molecule has 1 saturated carbocycles. The van der Waals surface area contributed by atoms with Gasteiger partial charge in [-0.2, -0.15) is 0 Å². The summed E-state index contributed by atoms with van der Waals surface area (Å²) in [4.78, 5) is 8.82. The van der Waals surface area contributed by atoms with Gasteiger partial charge in [0.1, 0.15) is 0 Å². The maximum Gasteiger partial charge on any atom is 0.185 e. The highest BCUT2D eigenvalue weighted by Gasteiger charge is 2.32. The van der Waals surface area contributed by atoms with Crippen molar-refractivity contribution in [2.45, 2.75) is 65.5 Å². The molecular weight excluding hydrogens is 278 g/mol. The van der Waals surface area contributed by atoms with Crippen LogP contribution in [0.4, 0.5) is 5.13 Å². The van der Waals surface area contributed by atoms with Crippen molar-refractivity contribution < 1.29 is 0 Å². The van der Waals surface area contributed by atoms with Crippen LogP contribution in [0.5, 0.6) is 0 Å². The standard InChI is InChI=1S/C17H29N3S/c1-12(2)18-10-16-13(3)19-17(21-16)20-9-8-14-6-4-5-7-15(14)11-20/h12,14-15,18H,4-11H2,1-3H3. The Hall–Kier alpha value is -0.610. The Labute approximate surface area is 133 Å². The first-order chi connectivity index (χ1) is 10.1. The number of hydrogen-bond acceptors (Lipinski definition) is 4. The molecule has 0 bridgehead atoms. The van der Waals surface area contributed by atoms with Crippen LogP contribution in [0.1, 0.15) is 56.5 Å². The lowest BCUT2D eigenvalue weighted by atomic mass is 9.75. The predicted molar refractivity (Wildman–Crippen MR) is 91.1 cm³/mol. The molecule has 1 saturated heterocycles. The summed E-state index contributed by atoms with van der Waals surface area (Å²) in [5, 5.41) is 4.78. The van der Waals surface area contributed by atoms with Gasteiger partial charge < -0.3 is 10.2 Å². The van der Waals surface area contributed by atoms with Crippen molar-refractivity contribution in [2.75, 3.05) is 18.0 Å². The van der Waals surface area contributed by atoms with E-state index in [2.05, 4.69) is 31.0 Å². The van der Waals surface area contributed by atoms with Crippen LogP contribution in [-0.4, -0.2) is 24.1 Å².